The molecule has 0 unspecified atom stereocenters. The number of carbonyl (C=O) groups is 1. The van der Waals surface area contributed by atoms with Gasteiger partial charge in [-0.2, -0.15) is 5.26 Å². The van der Waals surface area contributed by atoms with E-state index in [1.165, 1.54) is 0 Å². The second-order valence-electron chi connectivity index (χ2n) is 6.33. The van der Waals surface area contributed by atoms with Crippen LogP contribution in [0.1, 0.15) is 37.3 Å². The van der Waals surface area contributed by atoms with E-state index >= 15 is 0 Å². The van der Waals surface area contributed by atoms with Crippen molar-refractivity contribution in [3.8, 4) is 11.8 Å². The predicted molar refractivity (Wildman–Crippen MR) is 106 cm³/mol. The molecule has 0 aromatic heterocycles. The number of halogens is 1. The Balaban J connectivity index is 2.06. The van der Waals surface area contributed by atoms with E-state index in [1.54, 1.807) is 4.90 Å². The Morgan fingerprint density at radius 1 is 1.23 bits per heavy atom. The molecule has 2 rings (SSSR count). The van der Waals surface area contributed by atoms with E-state index in [0.717, 1.165) is 21.3 Å². The van der Waals surface area contributed by atoms with Gasteiger partial charge in [-0.1, -0.05) is 60.1 Å². The van der Waals surface area contributed by atoms with Crippen LogP contribution in [-0.4, -0.2) is 24.0 Å². The number of amides is 1. The summed E-state index contributed by atoms with van der Waals surface area (Å²) < 4.78 is 6.80. The quantitative estimate of drug-likeness (QED) is 0.617. The molecule has 2 aromatic carbocycles. The zero-order valence-electron chi connectivity index (χ0n) is 15.1. The minimum Gasteiger partial charge on any atom is -0.483 e. The topological polar surface area (TPSA) is 53.3 Å². The van der Waals surface area contributed by atoms with Crippen LogP contribution in [0, 0.1) is 11.3 Å². The van der Waals surface area contributed by atoms with E-state index in [1.807, 2.05) is 48.5 Å². The van der Waals surface area contributed by atoms with Crippen LogP contribution in [0.2, 0.25) is 0 Å². The fourth-order valence-electron chi connectivity index (χ4n) is 2.61. The van der Waals surface area contributed by atoms with Gasteiger partial charge in [0, 0.05) is 17.6 Å². The van der Waals surface area contributed by atoms with E-state index in [9.17, 15) is 4.79 Å². The largest absolute Gasteiger partial charge is 0.483 e. The molecule has 0 fully saturated rings. The Labute approximate surface area is 163 Å². The first-order valence-corrected chi connectivity index (χ1v) is 9.41. The lowest BCUT2D eigenvalue weighted by Gasteiger charge is -2.22. The molecule has 0 radical (unpaired) electrons. The van der Waals surface area contributed by atoms with E-state index in [-0.39, 0.29) is 18.4 Å². The number of hydrogen-bond acceptors (Lipinski definition) is 3. The van der Waals surface area contributed by atoms with Crippen molar-refractivity contribution < 1.29 is 9.53 Å². The summed E-state index contributed by atoms with van der Waals surface area (Å²) in [7, 11) is 0. The van der Waals surface area contributed by atoms with Crippen molar-refractivity contribution in [3.05, 3.63) is 64.1 Å². The fraction of sp³-hybridized carbons (Fsp3) is 0.333. The minimum atomic E-state index is -0.123. The highest BCUT2D eigenvalue weighted by molar-refractivity contribution is 9.10. The van der Waals surface area contributed by atoms with Crippen LogP contribution < -0.4 is 4.74 Å². The van der Waals surface area contributed by atoms with Gasteiger partial charge in [-0.3, -0.25) is 4.79 Å². The molecule has 0 heterocycles. The fourth-order valence-corrected chi connectivity index (χ4v) is 2.99. The third-order valence-corrected chi connectivity index (χ3v) is 4.50. The monoisotopic (exact) mass is 414 g/mol. The Hall–Kier alpha value is -2.32. The molecule has 26 heavy (non-hydrogen) atoms. The van der Waals surface area contributed by atoms with Gasteiger partial charge in [0.15, 0.2) is 6.61 Å². The first-order chi connectivity index (χ1) is 12.5. The number of hydrogen-bond donors (Lipinski definition) is 0. The highest BCUT2D eigenvalue weighted by Crippen LogP contribution is 2.29. The zero-order valence-corrected chi connectivity index (χ0v) is 16.7. The van der Waals surface area contributed by atoms with Crippen LogP contribution in [0.15, 0.2) is 53.0 Å². The molecule has 1 amide bonds. The number of carbonyl (C=O) groups excluding carboxylic acids is 1. The zero-order chi connectivity index (χ0) is 18.9. The molecular formula is C21H23BrN2O2. The average molecular weight is 415 g/mol. The van der Waals surface area contributed by atoms with E-state index in [0.29, 0.717) is 19.5 Å². The van der Waals surface area contributed by atoms with Crippen molar-refractivity contribution in [1.82, 2.24) is 4.90 Å². The molecule has 0 aliphatic rings. The second-order valence-corrected chi connectivity index (χ2v) is 7.25. The molecule has 0 aliphatic carbocycles. The van der Waals surface area contributed by atoms with Crippen LogP contribution in [0.5, 0.6) is 5.75 Å². The lowest BCUT2D eigenvalue weighted by atomic mass is 10.0. The molecule has 4 nitrogen and oxygen atoms in total. The van der Waals surface area contributed by atoms with Gasteiger partial charge in [-0.25, -0.2) is 0 Å². The van der Waals surface area contributed by atoms with Gasteiger partial charge >= 0.3 is 0 Å². The minimum absolute atomic E-state index is 0.0420. The van der Waals surface area contributed by atoms with Gasteiger partial charge in [-0.15, -0.1) is 0 Å². The van der Waals surface area contributed by atoms with Crippen LogP contribution in [0.4, 0.5) is 0 Å². The van der Waals surface area contributed by atoms with Crippen LogP contribution in [0.25, 0.3) is 0 Å². The molecule has 136 valence electrons. The highest BCUT2D eigenvalue weighted by atomic mass is 79.9. The number of nitriles is 1. The third kappa shape index (κ3) is 5.89. The first kappa shape index (κ1) is 20.0. The molecule has 0 saturated carbocycles. The Kier molecular flexibility index (Phi) is 7.68. The van der Waals surface area contributed by atoms with E-state index < -0.39 is 0 Å². The lowest BCUT2D eigenvalue weighted by Crippen LogP contribution is -2.35. The van der Waals surface area contributed by atoms with E-state index in [2.05, 4.69) is 35.8 Å². The standard InChI is InChI=1S/C21H23BrN2O2/c1-16(2)19-13-18(22)9-10-20(19)26-15-21(25)24(12-6-11-23)14-17-7-4-3-5-8-17/h3-5,7-10,13,16H,6,12,14-15H2,1-2H3. The van der Waals surface area contributed by atoms with Gasteiger partial charge in [0.2, 0.25) is 0 Å². The van der Waals surface area contributed by atoms with Crippen molar-refractivity contribution in [2.45, 2.75) is 32.7 Å². The summed E-state index contributed by atoms with van der Waals surface area (Å²) in [5, 5.41) is 8.87. The summed E-state index contributed by atoms with van der Waals surface area (Å²) in [6.07, 6.45) is 0.300. The van der Waals surface area contributed by atoms with Crippen molar-refractivity contribution in [1.29, 1.82) is 5.26 Å². The molecule has 2 aromatic rings. The molecule has 0 spiro atoms. The summed E-state index contributed by atoms with van der Waals surface area (Å²) in [5.74, 6) is 0.884. The summed E-state index contributed by atoms with van der Waals surface area (Å²) >= 11 is 3.47. The molecule has 0 N–H and O–H groups in total. The smallest absolute Gasteiger partial charge is 0.260 e. The molecule has 5 heteroatoms. The summed E-state index contributed by atoms with van der Waals surface area (Å²) in [4.78, 5) is 14.3. The van der Waals surface area contributed by atoms with Crippen molar-refractivity contribution >= 4 is 21.8 Å². The maximum absolute atomic E-state index is 12.7. The number of rotatable bonds is 8. The van der Waals surface area contributed by atoms with Crippen molar-refractivity contribution in [2.75, 3.05) is 13.2 Å². The van der Waals surface area contributed by atoms with Crippen molar-refractivity contribution in [2.24, 2.45) is 0 Å². The summed E-state index contributed by atoms with van der Waals surface area (Å²) in [5.41, 5.74) is 2.09. The first-order valence-electron chi connectivity index (χ1n) is 8.62. The average Bonchev–Trinajstić information content (AvgIpc) is 2.64. The number of nitrogens with zero attached hydrogens (tertiary/aromatic N) is 2. The van der Waals surface area contributed by atoms with Crippen LogP contribution in [0.3, 0.4) is 0 Å². The molecule has 0 bridgehead atoms. The number of ether oxygens (including phenoxy) is 1. The summed E-state index contributed by atoms with van der Waals surface area (Å²) in [6.45, 7) is 5.00. The molecule has 0 saturated heterocycles. The van der Waals surface area contributed by atoms with Gasteiger partial charge in [0.1, 0.15) is 5.75 Å². The third-order valence-electron chi connectivity index (χ3n) is 4.01. The number of benzene rings is 2. The SMILES string of the molecule is CC(C)c1cc(Br)ccc1OCC(=O)N(CCC#N)Cc1ccccc1. The highest BCUT2D eigenvalue weighted by Gasteiger charge is 2.16. The van der Waals surface area contributed by atoms with Crippen molar-refractivity contribution in [3.63, 3.8) is 0 Å². The van der Waals surface area contributed by atoms with Gasteiger partial charge in [0.05, 0.1) is 12.5 Å². The molecule has 0 aliphatic heterocycles. The maximum Gasteiger partial charge on any atom is 0.260 e. The molecular weight excluding hydrogens is 392 g/mol. The Morgan fingerprint density at radius 2 is 1.96 bits per heavy atom. The van der Waals surface area contributed by atoms with Gasteiger partial charge in [0.25, 0.3) is 5.91 Å². The van der Waals surface area contributed by atoms with E-state index in [4.69, 9.17) is 10.00 Å². The van der Waals surface area contributed by atoms with Crippen LogP contribution >= 0.6 is 15.9 Å². The van der Waals surface area contributed by atoms with Gasteiger partial charge < -0.3 is 9.64 Å². The van der Waals surface area contributed by atoms with Crippen LogP contribution in [-0.2, 0) is 11.3 Å². The maximum atomic E-state index is 12.7. The normalized spacial score (nSPS) is 10.4. The Bertz CT molecular complexity index is 769. The van der Waals surface area contributed by atoms with Gasteiger partial charge in [-0.05, 0) is 35.2 Å². The predicted octanol–water partition coefficient (Wildman–Crippen LogP) is 4.89. The second kappa shape index (κ2) is 9.98. The summed E-state index contributed by atoms with van der Waals surface area (Å²) in [6, 6.07) is 17.7. The molecule has 0 atom stereocenters. The Morgan fingerprint density at radius 3 is 2.62 bits per heavy atom. The lowest BCUT2D eigenvalue weighted by molar-refractivity contribution is -0.134.